The Balaban J connectivity index is 3.12. The molecule has 114 valence electrons. The van der Waals surface area contributed by atoms with Crippen LogP contribution in [0.5, 0.6) is 5.75 Å². The van der Waals surface area contributed by atoms with Gasteiger partial charge >= 0.3 is 6.36 Å². The van der Waals surface area contributed by atoms with Crippen LogP contribution in [0, 0.1) is 0 Å². The molecule has 8 heteroatoms. The van der Waals surface area contributed by atoms with Gasteiger partial charge in [-0.25, -0.2) is 12.7 Å². The van der Waals surface area contributed by atoms with Crippen molar-refractivity contribution in [1.29, 1.82) is 0 Å². The number of hydrogen-bond acceptors (Lipinski definition) is 3. The van der Waals surface area contributed by atoms with Gasteiger partial charge < -0.3 is 4.74 Å². The second kappa shape index (κ2) is 6.45. The molecular formula is C12H16F3NO3S. The minimum absolute atomic E-state index is 0.235. The molecule has 0 aliphatic heterocycles. The molecule has 20 heavy (non-hydrogen) atoms. The minimum Gasteiger partial charge on any atom is -0.404 e. The largest absolute Gasteiger partial charge is 0.573 e. The summed E-state index contributed by atoms with van der Waals surface area (Å²) in [6, 6.07) is 4.71. The van der Waals surface area contributed by atoms with Gasteiger partial charge in [0.15, 0.2) is 0 Å². The number of ether oxygens (including phenoxy) is 1. The molecule has 0 saturated carbocycles. The van der Waals surface area contributed by atoms with E-state index in [-0.39, 0.29) is 6.54 Å². The quantitative estimate of drug-likeness (QED) is 0.811. The van der Waals surface area contributed by atoms with E-state index in [0.717, 1.165) is 22.9 Å². The zero-order chi connectivity index (χ0) is 15.4. The number of hydrogen-bond donors (Lipinski definition) is 0. The molecule has 0 heterocycles. The van der Waals surface area contributed by atoms with Gasteiger partial charge in [-0.1, -0.05) is 25.5 Å². The highest BCUT2D eigenvalue weighted by Crippen LogP contribution is 2.30. The number of benzene rings is 1. The molecule has 0 aromatic heterocycles. The molecule has 0 aliphatic rings. The fraction of sp³-hybridized carbons (Fsp3) is 0.500. The highest BCUT2D eigenvalue weighted by atomic mass is 32.2. The van der Waals surface area contributed by atoms with E-state index in [4.69, 9.17) is 0 Å². The predicted molar refractivity (Wildman–Crippen MR) is 67.8 cm³/mol. The molecule has 0 spiro atoms. The first-order chi connectivity index (χ1) is 9.18. The molecule has 0 bridgehead atoms. The monoisotopic (exact) mass is 311 g/mol. The van der Waals surface area contributed by atoms with E-state index in [1.54, 1.807) is 0 Å². The maximum Gasteiger partial charge on any atom is 0.573 e. The fourth-order valence-electron chi connectivity index (χ4n) is 1.54. The van der Waals surface area contributed by atoms with E-state index < -0.39 is 27.0 Å². The molecule has 0 saturated heterocycles. The lowest BCUT2D eigenvalue weighted by Gasteiger charge is -2.19. The van der Waals surface area contributed by atoms with Crippen LogP contribution in [0.2, 0.25) is 0 Å². The molecule has 1 rings (SSSR count). The summed E-state index contributed by atoms with van der Waals surface area (Å²) in [6.07, 6.45) is -3.54. The number of rotatable bonds is 6. The van der Waals surface area contributed by atoms with Crippen molar-refractivity contribution in [2.45, 2.75) is 31.0 Å². The summed E-state index contributed by atoms with van der Waals surface area (Å²) in [5.41, 5.74) is 0. The van der Waals surface area contributed by atoms with Crippen molar-refractivity contribution in [3.8, 4) is 5.75 Å². The van der Waals surface area contributed by atoms with E-state index in [9.17, 15) is 21.6 Å². The molecule has 1 aromatic rings. The zero-order valence-electron chi connectivity index (χ0n) is 11.1. The van der Waals surface area contributed by atoms with Crippen LogP contribution in [-0.4, -0.2) is 32.7 Å². The first-order valence-corrected chi connectivity index (χ1v) is 7.43. The van der Waals surface area contributed by atoms with E-state index >= 15 is 0 Å². The standard InChI is InChI=1S/C12H16F3NO3S/c1-3-4-9-16(2)20(17,18)11-8-6-5-7-10(11)19-12(13,14)15/h5-8H,3-4,9H2,1-2H3. The van der Waals surface area contributed by atoms with Gasteiger partial charge in [0.1, 0.15) is 10.6 Å². The lowest BCUT2D eigenvalue weighted by Crippen LogP contribution is -2.29. The number of nitrogens with zero attached hydrogens (tertiary/aromatic N) is 1. The summed E-state index contributed by atoms with van der Waals surface area (Å²) in [5.74, 6) is -0.719. The molecule has 0 radical (unpaired) electrons. The van der Waals surface area contributed by atoms with Crippen molar-refractivity contribution in [3.05, 3.63) is 24.3 Å². The van der Waals surface area contributed by atoms with Crippen LogP contribution in [-0.2, 0) is 10.0 Å². The molecule has 0 atom stereocenters. The topological polar surface area (TPSA) is 46.6 Å². The molecule has 0 aliphatic carbocycles. The van der Waals surface area contributed by atoms with Gasteiger partial charge in [0.05, 0.1) is 0 Å². The van der Waals surface area contributed by atoms with Crippen molar-refractivity contribution in [1.82, 2.24) is 4.31 Å². The SMILES string of the molecule is CCCCN(C)S(=O)(=O)c1ccccc1OC(F)(F)F. The van der Waals surface area contributed by atoms with Crippen LogP contribution >= 0.6 is 0 Å². The highest BCUT2D eigenvalue weighted by molar-refractivity contribution is 7.89. The average molecular weight is 311 g/mol. The average Bonchev–Trinajstić information content (AvgIpc) is 2.34. The Morgan fingerprint density at radius 3 is 2.40 bits per heavy atom. The third-order valence-corrected chi connectivity index (χ3v) is 4.49. The summed E-state index contributed by atoms with van der Waals surface area (Å²) in [6.45, 7) is 2.13. The second-order valence-electron chi connectivity index (χ2n) is 4.17. The van der Waals surface area contributed by atoms with Crippen LogP contribution in [0.3, 0.4) is 0 Å². The maximum atomic E-state index is 12.3. The first-order valence-electron chi connectivity index (χ1n) is 5.99. The number of halogens is 3. The first kappa shape index (κ1) is 16.8. The normalized spacial score (nSPS) is 12.7. The summed E-state index contributed by atoms with van der Waals surface area (Å²) >= 11 is 0. The Bertz CT molecular complexity index is 543. The summed E-state index contributed by atoms with van der Waals surface area (Å²) < 4.78 is 66.1. The van der Waals surface area contributed by atoms with Gasteiger partial charge in [-0.3, -0.25) is 0 Å². The Morgan fingerprint density at radius 2 is 1.85 bits per heavy atom. The van der Waals surface area contributed by atoms with Crippen LogP contribution < -0.4 is 4.74 Å². The summed E-state index contributed by atoms with van der Waals surface area (Å²) in [4.78, 5) is -0.490. The lowest BCUT2D eigenvalue weighted by molar-refractivity contribution is -0.275. The predicted octanol–water partition coefficient (Wildman–Crippen LogP) is 3.01. The molecular weight excluding hydrogens is 295 g/mol. The van der Waals surface area contributed by atoms with Gasteiger partial charge in [0.25, 0.3) is 0 Å². The highest BCUT2D eigenvalue weighted by Gasteiger charge is 2.34. The van der Waals surface area contributed by atoms with Crippen molar-refractivity contribution in [3.63, 3.8) is 0 Å². The van der Waals surface area contributed by atoms with Crippen molar-refractivity contribution in [2.24, 2.45) is 0 Å². The van der Waals surface area contributed by atoms with E-state index in [0.29, 0.717) is 6.42 Å². The van der Waals surface area contributed by atoms with Gasteiger partial charge in [-0.15, -0.1) is 13.2 Å². The fourth-order valence-corrected chi connectivity index (χ4v) is 2.86. The Hall–Kier alpha value is -1.28. The van der Waals surface area contributed by atoms with Crippen molar-refractivity contribution in [2.75, 3.05) is 13.6 Å². The smallest absolute Gasteiger partial charge is 0.404 e. The van der Waals surface area contributed by atoms with E-state index in [1.807, 2.05) is 6.92 Å². The third kappa shape index (κ3) is 4.38. The van der Waals surface area contributed by atoms with E-state index in [2.05, 4.69) is 4.74 Å². The molecule has 0 unspecified atom stereocenters. The molecule has 0 N–H and O–H groups in total. The lowest BCUT2D eigenvalue weighted by atomic mass is 10.3. The Labute approximate surface area is 116 Å². The molecule has 0 fully saturated rings. The minimum atomic E-state index is -4.94. The van der Waals surface area contributed by atoms with Gasteiger partial charge in [0, 0.05) is 13.6 Å². The van der Waals surface area contributed by atoms with Crippen LogP contribution in [0.1, 0.15) is 19.8 Å². The molecule has 0 amide bonds. The Kier molecular flexibility index (Phi) is 5.41. The van der Waals surface area contributed by atoms with Gasteiger partial charge in [-0.05, 0) is 18.6 Å². The Morgan fingerprint density at radius 1 is 1.25 bits per heavy atom. The van der Waals surface area contributed by atoms with Gasteiger partial charge in [0.2, 0.25) is 10.0 Å². The number of sulfonamides is 1. The zero-order valence-corrected chi connectivity index (χ0v) is 12.0. The van der Waals surface area contributed by atoms with Crippen molar-refractivity contribution < 1.29 is 26.3 Å². The van der Waals surface area contributed by atoms with Crippen LogP contribution in [0.15, 0.2) is 29.2 Å². The molecule has 1 aromatic carbocycles. The van der Waals surface area contributed by atoms with Crippen LogP contribution in [0.4, 0.5) is 13.2 Å². The summed E-state index contributed by atoms with van der Waals surface area (Å²) in [5, 5.41) is 0. The van der Waals surface area contributed by atoms with Gasteiger partial charge in [-0.2, -0.15) is 0 Å². The second-order valence-corrected chi connectivity index (χ2v) is 6.19. The summed E-state index contributed by atoms with van der Waals surface area (Å²) in [7, 11) is -2.68. The number of unbranched alkanes of at least 4 members (excludes halogenated alkanes) is 1. The van der Waals surface area contributed by atoms with Crippen molar-refractivity contribution >= 4 is 10.0 Å². The number of alkyl halides is 3. The number of para-hydroxylation sites is 1. The van der Waals surface area contributed by atoms with Crippen LogP contribution in [0.25, 0.3) is 0 Å². The molecule has 4 nitrogen and oxygen atoms in total. The van der Waals surface area contributed by atoms with E-state index in [1.165, 1.54) is 19.2 Å². The maximum absolute atomic E-state index is 12.3. The third-order valence-electron chi connectivity index (χ3n) is 2.59.